The minimum absolute atomic E-state index is 0.0970. The number of fused-ring (bicyclic) bond motifs is 1. The second-order valence-corrected chi connectivity index (χ2v) is 10.9. The van der Waals surface area contributed by atoms with Crippen molar-refractivity contribution in [2.24, 2.45) is 0 Å². The number of hydrogen-bond donors (Lipinski definition) is 1. The number of anilines is 2. The molecular weight excluding hydrogens is 518 g/mol. The number of carbonyl (C=O) groups excluding carboxylic acids is 3. The highest BCUT2D eigenvalue weighted by atomic mass is 19.3. The maximum Gasteiger partial charge on any atom is 0.298 e. The van der Waals surface area contributed by atoms with Gasteiger partial charge in [0, 0.05) is 42.9 Å². The van der Waals surface area contributed by atoms with Crippen molar-refractivity contribution in [2.45, 2.75) is 50.5 Å². The summed E-state index contributed by atoms with van der Waals surface area (Å²) in [5.41, 5.74) is 3.21. The summed E-state index contributed by atoms with van der Waals surface area (Å²) in [6, 6.07) is 13.6. The van der Waals surface area contributed by atoms with Crippen LogP contribution >= 0.6 is 0 Å². The van der Waals surface area contributed by atoms with Crippen LogP contribution in [-0.4, -0.2) is 41.8 Å². The molecule has 3 aliphatic rings. The van der Waals surface area contributed by atoms with Crippen LogP contribution in [-0.2, 0) is 15.5 Å². The van der Waals surface area contributed by atoms with Gasteiger partial charge < -0.3 is 9.32 Å². The Morgan fingerprint density at radius 3 is 2.58 bits per heavy atom. The first-order chi connectivity index (χ1) is 19.2. The number of imide groups is 1. The molecule has 0 aliphatic carbocycles. The molecule has 4 aromatic rings. The van der Waals surface area contributed by atoms with E-state index in [9.17, 15) is 23.2 Å². The fourth-order valence-corrected chi connectivity index (χ4v) is 6.33. The van der Waals surface area contributed by atoms with Crippen LogP contribution in [0.1, 0.15) is 60.0 Å². The second-order valence-electron chi connectivity index (χ2n) is 10.9. The van der Waals surface area contributed by atoms with Gasteiger partial charge in [-0.15, -0.1) is 0 Å². The standard InChI is InChI=1S/C30H26F2N4O4/c1-30(31,32)17-5-9-24-21(15-17)33-29(40-24)35-13-11-16(12-14-35)18-6-7-22-26-19(18)3-2-4-20(26)28(39)36(22)23-8-10-25(37)34-27(23)38/h2-7,9,15-16,23H,8,10-14H2,1H3,(H,34,37,38). The van der Waals surface area contributed by atoms with Gasteiger partial charge in [0.25, 0.3) is 17.8 Å². The zero-order valence-corrected chi connectivity index (χ0v) is 21.7. The number of benzene rings is 3. The van der Waals surface area contributed by atoms with E-state index in [4.69, 9.17) is 4.42 Å². The number of carbonyl (C=O) groups is 3. The van der Waals surface area contributed by atoms with Crippen LogP contribution in [0.15, 0.2) is 52.9 Å². The summed E-state index contributed by atoms with van der Waals surface area (Å²) in [5.74, 6) is -3.70. The van der Waals surface area contributed by atoms with Crippen LogP contribution in [0.4, 0.5) is 20.5 Å². The first kappa shape index (κ1) is 24.7. The van der Waals surface area contributed by atoms with Crippen LogP contribution < -0.4 is 15.1 Å². The Labute approximate surface area is 227 Å². The SMILES string of the molecule is CC(F)(F)c1ccc2oc(N3CCC(c4ccc5c6c(cccc46)C(=O)N5C4CCC(=O)NC4=O)CC3)nc2c1. The molecule has 4 heterocycles. The Morgan fingerprint density at radius 2 is 1.82 bits per heavy atom. The summed E-state index contributed by atoms with van der Waals surface area (Å²) in [6.07, 6.45) is 2.13. The van der Waals surface area contributed by atoms with Crippen LogP contribution in [0.25, 0.3) is 21.9 Å². The third-order valence-corrected chi connectivity index (χ3v) is 8.37. The van der Waals surface area contributed by atoms with E-state index in [1.165, 1.54) is 18.2 Å². The Balaban J connectivity index is 1.15. The quantitative estimate of drug-likeness (QED) is 0.353. The molecule has 40 heavy (non-hydrogen) atoms. The highest BCUT2D eigenvalue weighted by Gasteiger charge is 2.41. The molecule has 10 heteroatoms. The van der Waals surface area contributed by atoms with E-state index in [1.54, 1.807) is 11.0 Å². The molecule has 2 saturated heterocycles. The molecule has 3 amide bonds. The third-order valence-electron chi connectivity index (χ3n) is 8.37. The smallest absolute Gasteiger partial charge is 0.298 e. The predicted molar refractivity (Wildman–Crippen MR) is 145 cm³/mol. The lowest BCUT2D eigenvalue weighted by Gasteiger charge is -2.32. The largest absolute Gasteiger partial charge is 0.423 e. The van der Waals surface area contributed by atoms with E-state index in [2.05, 4.69) is 10.3 Å². The third kappa shape index (κ3) is 3.84. The van der Waals surface area contributed by atoms with Crippen molar-refractivity contribution < 1.29 is 27.6 Å². The summed E-state index contributed by atoms with van der Waals surface area (Å²) in [6.45, 7) is 2.22. The number of hydrogen-bond acceptors (Lipinski definition) is 6. The van der Waals surface area contributed by atoms with Gasteiger partial charge in [-0.25, -0.2) is 8.78 Å². The molecule has 3 aliphatic heterocycles. The number of aromatic nitrogens is 1. The zero-order chi connectivity index (χ0) is 27.8. The van der Waals surface area contributed by atoms with Crippen molar-refractivity contribution in [1.82, 2.24) is 10.3 Å². The predicted octanol–water partition coefficient (Wildman–Crippen LogP) is 5.24. The van der Waals surface area contributed by atoms with Crippen molar-refractivity contribution in [3.8, 4) is 0 Å². The van der Waals surface area contributed by atoms with Crippen molar-refractivity contribution in [3.63, 3.8) is 0 Å². The molecular formula is C30H26F2N4O4. The molecule has 8 nitrogen and oxygen atoms in total. The molecule has 0 bridgehead atoms. The highest BCUT2D eigenvalue weighted by molar-refractivity contribution is 6.27. The van der Waals surface area contributed by atoms with Gasteiger partial charge in [0.1, 0.15) is 11.6 Å². The fourth-order valence-electron chi connectivity index (χ4n) is 6.33. The zero-order valence-electron chi connectivity index (χ0n) is 21.7. The first-order valence-electron chi connectivity index (χ1n) is 13.5. The van der Waals surface area contributed by atoms with E-state index >= 15 is 0 Å². The van der Waals surface area contributed by atoms with Crippen LogP contribution in [0.5, 0.6) is 0 Å². The molecule has 0 spiro atoms. The minimum atomic E-state index is -2.95. The van der Waals surface area contributed by atoms with Crippen LogP contribution in [0.3, 0.4) is 0 Å². The number of oxazole rings is 1. The normalized spacial score (nSPS) is 20.2. The van der Waals surface area contributed by atoms with Gasteiger partial charge in [0.05, 0.1) is 5.69 Å². The minimum Gasteiger partial charge on any atom is -0.423 e. The highest BCUT2D eigenvalue weighted by Crippen LogP contribution is 2.44. The molecule has 1 atom stereocenters. The number of piperidine rings is 2. The summed E-state index contributed by atoms with van der Waals surface area (Å²) < 4.78 is 33.4. The van der Waals surface area contributed by atoms with Crippen LogP contribution in [0, 0.1) is 0 Å². The summed E-state index contributed by atoms with van der Waals surface area (Å²) in [5, 5.41) is 4.20. The van der Waals surface area contributed by atoms with Gasteiger partial charge in [0.2, 0.25) is 11.8 Å². The lowest BCUT2D eigenvalue weighted by molar-refractivity contribution is -0.134. The summed E-state index contributed by atoms with van der Waals surface area (Å²) in [7, 11) is 0. The maximum absolute atomic E-state index is 13.8. The monoisotopic (exact) mass is 544 g/mol. The molecule has 3 aromatic carbocycles. The molecule has 7 rings (SSSR count). The molecule has 2 fully saturated rings. The van der Waals surface area contributed by atoms with Crippen molar-refractivity contribution >= 4 is 51.3 Å². The number of rotatable bonds is 4. The molecule has 1 unspecified atom stereocenters. The Morgan fingerprint density at radius 1 is 1.02 bits per heavy atom. The van der Waals surface area contributed by atoms with Crippen molar-refractivity contribution in [1.29, 1.82) is 0 Å². The summed E-state index contributed by atoms with van der Waals surface area (Å²) in [4.78, 5) is 45.8. The van der Waals surface area contributed by atoms with Gasteiger partial charge in [-0.2, -0.15) is 4.98 Å². The van der Waals surface area contributed by atoms with Gasteiger partial charge in [-0.3, -0.25) is 24.6 Å². The fraction of sp³-hybridized carbons (Fsp3) is 0.333. The second kappa shape index (κ2) is 8.84. The Kier molecular flexibility index (Phi) is 5.45. The van der Waals surface area contributed by atoms with E-state index in [1.807, 2.05) is 29.2 Å². The van der Waals surface area contributed by atoms with E-state index in [-0.39, 0.29) is 29.7 Å². The van der Waals surface area contributed by atoms with E-state index in [0.717, 1.165) is 36.1 Å². The lowest BCUT2D eigenvalue weighted by atomic mass is 9.85. The molecule has 1 N–H and O–H groups in total. The topological polar surface area (TPSA) is 95.8 Å². The number of amides is 3. The number of nitrogens with one attached hydrogen (secondary N) is 1. The Bertz CT molecular complexity index is 1720. The first-order valence-corrected chi connectivity index (χ1v) is 13.5. The average molecular weight is 545 g/mol. The number of alkyl halides is 2. The van der Waals surface area contributed by atoms with Crippen molar-refractivity contribution in [3.05, 3.63) is 65.2 Å². The van der Waals surface area contributed by atoms with Gasteiger partial charge >= 0.3 is 0 Å². The maximum atomic E-state index is 13.8. The average Bonchev–Trinajstić information content (AvgIpc) is 3.49. The Hall–Kier alpha value is -4.34. The van der Waals surface area contributed by atoms with Gasteiger partial charge in [-0.05, 0) is 66.5 Å². The van der Waals surface area contributed by atoms with Gasteiger partial charge in [-0.1, -0.05) is 18.2 Å². The van der Waals surface area contributed by atoms with E-state index in [0.29, 0.717) is 47.9 Å². The lowest BCUT2D eigenvalue weighted by Crippen LogP contribution is -2.53. The van der Waals surface area contributed by atoms with Crippen LogP contribution in [0.2, 0.25) is 0 Å². The van der Waals surface area contributed by atoms with E-state index < -0.39 is 17.9 Å². The van der Waals surface area contributed by atoms with Crippen molar-refractivity contribution in [2.75, 3.05) is 22.9 Å². The van der Waals surface area contributed by atoms with Gasteiger partial charge in [0.15, 0.2) is 5.58 Å². The number of halogens is 2. The molecule has 1 aromatic heterocycles. The molecule has 0 radical (unpaired) electrons. The summed E-state index contributed by atoms with van der Waals surface area (Å²) >= 11 is 0. The molecule has 204 valence electrons. The number of nitrogens with zero attached hydrogens (tertiary/aromatic N) is 3. The molecule has 0 saturated carbocycles.